The van der Waals surface area contributed by atoms with Crippen LogP contribution >= 0.6 is 0 Å². The van der Waals surface area contributed by atoms with Crippen LogP contribution in [0, 0.1) is 0 Å². The van der Waals surface area contributed by atoms with Gasteiger partial charge in [-0.05, 0) is 12.5 Å². The molecule has 3 heterocycles. The van der Waals surface area contributed by atoms with Crippen LogP contribution in [0.15, 0.2) is 31.0 Å². The summed E-state index contributed by atoms with van der Waals surface area (Å²) >= 11 is 0. The molecule has 7 heteroatoms. The van der Waals surface area contributed by atoms with Crippen molar-refractivity contribution in [2.75, 3.05) is 19.8 Å². The number of hydrogen-bond donors (Lipinski definition) is 1. The first kappa shape index (κ1) is 13.8. The molecule has 1 atom stereocenters. The first-order chi connectivity index (χ1) is 10.3. The number of nitrogens with one attached hydrogen (secondary N) is 1. The number of ether oxygens (including phenoxy) is 1. The highest BCUT2D eigenvalue weighted by Crippen LogP contribution is 2.23. The number of amides is 1. The van der Waals surface area contributed by atoms with E-state index in [0.29, 0.717) is 26.2 Å². The van der Waals surface area contributed by atoms with Crippen molar-refractivity contribution >= 4 is 5.91 Å². The van der Waals surface area contributed by atoms with Crippen molar-refractivity contribution in [2.45, 2.75) is 25.4 Å². The Hall–Kier alpha value is -2.15. The summed E-state index contributed by atoms with van der Waals surface area (Å²) in [6.45, 7) is 2.56. The zero-order valence-corrected chi connectivity index (χ0v) is 11.8. The van der Waals surface area contributed by atoms with Gasteiger partial charge in [-0.3, -0.25) is 9.89 Å². The number of aryl methyl sites for hydroxylation is 1. The molecule has 1 amide bonds. The molecule has 2 aromatic heterocycles. The van der Waals surface area contributed by atoms with Gasteiger partial charge in [0.15, 0.2) is 0 Å². The lowest BCUT2D eigenvalue weighted by Crippen LogP contribution is -2.43. The lowest BCUT2D eigenvalue weighted by Gasteiger charge is -2.35. The normalized spacial score (nSPS) is 18.9. The van der Waals surface area contributed by atoms with Gasteiger partial charge in [0, 0.05) is 38.1 Å². The van der Waals surface area contributed by atoms with Gasteiger partial charge >= 0.3 is 0 Å². The summed E-state index contributed by atoms with van der Waals surface area (Å²) in [5.74, 6) is 0.165. The zero-order valence-electron chi connectivity index (χ0n) is 11.8. The molecule has 21 heavy (non-hydrogen) atoms. The molecule has 1 fully saturated rings. The molecule has 3 rings (SSSR count). The van der Waals surface area contributed by atoms with Crippen LogP contribution in [0.3, 0.4) is 0 Å². The molecule has 0 radical (unpaired) electrons. The Morgan fingerprint density at radius 1 is 1.48 bits per heavy atom. The van der Waals surface area contributed by atoms with Crippen molar-refractivity contribution < 1.29 is 9.53 Å². The molecule has 0 unspecified atom stereocenters. The van der Waals surface area contributed by atoms with Crippen LogP contribution < -0.4 is 0 Å². The van der Waals surface area contributed by atoms with E-state index in [9.17, 15) is 4.79 Å². The van der Waals surface area contributed by atoms with Crippen LogP contribution in [0.4, 0.5) is 0 Å². The number of carbonyl (C=O) groups excluding carboxylic acids is 1. The lowest BCUT2D eigenvalue weighted by atomic mass is 10.1. The van der Waals surface area contributed by atoms with Crippen LogP contribution in [0.1, 0.15) is 24.6 Å². The summed E-state index contributed by atoms with van der Waals surface area (Å²) in [4.78, 5) is 18.3. The van der Waals surface area contributed by atoms with Crippen molar-refractivity contribution in [1.82, 2.24) is 24.6 Å². The van der Waals surface area contributed by atoms with Gasteiger partial charge in [0.1, 0.15) is 0 Å². The average molecular weight is 289 g/mol. The maximum Gasteiger partial charge on any atom is 0.223 e. The first-order valence-corrected chi connectivity index (χ1v) is 7.17. The molecule has 0 bridgehead atoms. The van der Waals surface area contributed by atoms with E-state index in [2.05, 4.69) is 15.2 Å². The minimum atomic E-state index is -0.0537. The monoisotopic (exact) mass is 289 g/mol. The summed E-state index contributed by atoms with van der Waals surface area (Å²) < 4.78 is 7.48. The topological polar surface area (TPSA) is 76.0 Å². The zero-order chi connectivity index (χ0) is 14.5. The number of aromatic amines is 1. The van der Waals surface area contributed by atoms with Crippen LogP contribution in [0.5, 0.6) is 0 Å². The number of carbonyl (C=O) groups is 1. The van der Waals surface area contributed by atoms with Gasteiger partial charge in [0.2, 0.25) is 5.91 Å². The van der Waals surface area contributed by atoms with Crippen LogP contribution in [0.25, 0.3) is 0 Å². The van der Waals surface area contributed by atoms with E-state index in [1.165, 1.54) is 0 Å². The number of nitrogens with zero attached hydrogens (tertiary/aromatic N) is 4. The van der Waals surface area contributed by atoms with Gasteiger partial charge in [0.25, 0.3) is 0 Å². The van der Waals surface area contributed by atoms with Crippen molar-refractivity contribution in [3.63, 3.8) is 0 Å². The van der Waals surface area contributed by atoms with Crippen LogP contribution in [-0.2, 0) is 16.1 Å². The standard InChI is InChI=1S/C14H19N5O2/c20-14(2-1-6-18-7-5-15-11-18)19-8-9-21-10-13(19)12-3-4-16-17-12/h3-5,7,11,13H,1-2,6,8-10H2,(H,16,17)/t13-/m0/s1. The van der Waals surface area contributed by atoms with Gasteiger partial charge in [-0.25, -0.2) is 4.98 Å². The van der Waals surface area contributed by atoms with Gasteiger partial charge < -0.3 is 14.2 Å². The number of H-pyrrole nitrogens is 1. The van der Waals surface area contributed by atoms with Gasteiger partial charge in [-0.2, -0.15) is 5.10 Å². The smallest absolute Gasteiger partial charge is 0.223 e. The Labute approximate surface area is 122 Å². The fraction of sp³-hybridized carbons (Fsp3) is 0.500. The maximum absolute atomic E-state index is 12.4. The molecule has 0 aliphatic carbocycles. The summed E-state index contributed by atoms with van der Waals surface area (Å²) in [5.41, 5.74) is 0.928. The highest BCUT2D eigenvalue weighted by atomic mass is 16.5. The molecule has 0 spiro atoms. The number of morpholine rings is 1. The Balaban J connectivity index is 1.56. The summed E-state index contributed by atoms with van der Waals surface area (Å²) in [6, 6.07) is 1.84. The Morgan fingerprint density at radius 2 is 2.43 bits per heavy atom. The minimum absolute atomic E-state index is 0.0537. The van der Waals surface area contributed by atoms with Gasteiger partial charge in [-0.1, -0.05) is 0 Å². The molecule has 112 valence electrons. The number of rotatable bonds is 5. The van der Waals surface area contributed by atoms with E-state index in [1.54, 1.807) is 18.7 Å². The summed E-state index contributed by atoms with van der Waals surface area (Å²) in [6.07, 6.45) is 8.47. The summed E-state index contributed by atoms with van der Waals surface area (Å²) in [5, 5.41) is 6.89. The van der Waals surface area contributed by atoms with E-state index in [4.69, 9.17) is 4.74 Å². The summed E-state index contributed by atoms with van der Waals surface area (Å²) in [7, 11) is 0. The second kappa shape index (κ2) is 6.53. The Morgan fingerprint density at radius 3 is 3.19 bits per heavy atom. The van der Waals surface area contributed by atoms with Crippen molar-refractivity contribution in [3.05, 3.63) is 36.7 Å². The Kier molecular flexibility index (Phi) is 4.30. The first-order valence-electron chi connectivity index (χ1n) is 7.17. The third-order valence-corrected chi connectivity index (χ3v) is 3.70. The molecule has 0 aromatic carbocycles. The van der Waals surface area contributed by atoms with Gasteiger partial charge in [-0.15, -0.1) is 0 Å². The molecule has 7 nitrogen and oxygen atoms in total. The third kappa shape index (κ3) is 3.30. The average Bonchev–Trinajstić information content (AvgIpc) is 3.20. The van der Waals surface area contributed by atoms with Crippen molar-refractivity contribution in [1.29, 1.82) is 0 Å². The molecule has 1 N–H and O–H groups in total. The van der Waals surface area contributed by atoms with E-state index in [1.807, 2.05) is 21.7 Å². The highest BCUT2D eigenvalue weighted by Gasteiger charge is 2.28. The fourth-order valence-electron chi connectivity index (χ4n) is 2.59. The van der Waals surface area contributed by atoms with E-state index in [0.717, 1.165) is 18.7 Å². The van der Waals surface area contributed by atoms with Crippen LogP contribution in [-0.4, -0.2) is 50.3 Å². The molecular weight excluding hydrogens is 270 g/mol. The number of hydrogen-bond acceptors (Lipinski definition) is 4. The predicted octanol–water partition coefficient (Wildman–Crippen LogP) is 0.986. The molecule has 1 saturated heterocycles. The van der Waals surface area contributed by atoms with Gasteiger partial charge in [0.05, 0.1) is 31.3 Å². The van der Waals surface area contributed by atoms with E-state index < -0.39 is 0 Å². The maximum atomic E-state index is 12.4. The van der Waals surface area contributed by atoms with E-state index >= 15 is 0 Å². The SMILES string of the molecule is O=C(CCCn1ccnc1)N1CCOC[C@H]1c1ccn[nH]1. The number of aromatic nitrogens is 4. The van der Waals surface area contributed by atoms with E-state index in [-0.39, 0.29) is 11.9 Å². The van der Waals surface area contributed by atoms with Crippen LogP contribution in [0.2, 0.25) is 0 Å². The molecule has 1 aliphatic rings. The molecule has 0 saturated carbocycles. The van der Waals surface area contributed by atoms with Crippen molar-refractivity contribution in [2.24, 2.45) is 0 Å². The molecule has 2 aromatic rings. The molecule has 1 aliphatic heterocycles. The minimum Gasteiger partial charge on any atom is -0.377 e. The second-order valence-corrected chi connectivity index (χ2v) is 5.09. The molecular formula is C14H19N5O2. The largest absolute Gasteiger partial charge is 0.377 e. The predicted molar refractivity (Wildman–Crippen MR) is 75.3 cm³/mol. The fourth-order valence-corrected chi connectivity index (χ4v) is 2.59. The Bertz CT molecular complexity index is 552. The quantitative estimate of drug-likeness (QED) is 0.890. The number of imidazole rings is 1. The van der Waals surface area contributed by atoms with Crippen molar-refractivity contribution in [3.8, 4) is 0 Å². The second-order valence-electron chi connectivity index (χ2n) is 5.09. The third-order valence-electron chi connectivity index (χ3n) is 3.70. The lowest BCUT2D eigenvalue weighted by molar-refractivity contribution is -0.140. The highest BCUT2D eigenvalue weighted by molar-refractivity contribution is 5.76.